The Labute approximate surface area is 177 Å². The number of rotatable bonds is 5. The first-order chi connectivity index (χ1) is 14.3. The molecule has 3 aromatic heterocycles. The van der Waals surface area contributed by atoms with Gasteiger partial charge in [0, 0.05) is 22.7 Å². The number of aromatic nitrogens is 3. The van der Waals surface area contributed by atoms with E-state index < -0.39 is 5.54 Å². The van der Waals surface area contributed by atoms with Crippen molar-refractivity contribution in [1.29, 1.82) is 0 Å². The van der Waals surface area contributed by atoms with Crippen molar-refractivity contribution in [2.24, 2.45) is 0 Å². The van der Waals surface area contributed by atoms with Gasteiger partial charge in [0.25, 0.3) is 11.5 Å². The molecule has 0 unspecified atom stereocenters. The molecule has 0 saturated carbocycles. The highest BCUT2D eigenvalue weighted by Crippen LogP contribution is 2.25. The number of aryl methyl sites for hydroxylation is 1. The van der Waals surface area contributed by atoms with E-state index in [1.165, 1.54) is 17.0 Å². The normalized spacial score (nSPS) is 11.4. The molecule has 152 valence electrons. The summed E-state index contributed by atoms with van der Waals surface area (Å²) < 4.78 is 6.53. The fourth-order valence-electron chi connectivity index (χ4n) is 3.00. The second-order valence-corrected chi connectivity index (χ2v) is 8.35. The molecule has 0 aliphatic heterocycles. The summed E-state index contributed by atoms with van der Waals surface area (Å²) in [4.78, 5) is 30.0. The molecule has 3 heterocycles. The minimum Gasteiger partial charge on any atom is -0.463 e. The highest BCUT2D eigenvalue weighted by Gasteiger charge is 2.32. The third-order valence-electron chi connectivity index (χ3n) is 4.69. The number of hydrogen-bond donors (Lipinski definition) is 1. The fraction of sp³-hybridized carbons (Fsp3) is 0.182. The van der Waals surface area contributed by atoms with E-state index in [9.17, 15) is 9.59 Å². The van der Waals surface area contributed by atoms with Gasteiger partial charge in [-0.3, -0.25) is 9.59 Å². The third kappa shape index (κ3) is 3.81. The molecule has 4 rings (SSSR count). The smallest absolute Gasteiger partial charge is 0.267 e. The highest BCUT2D eigenvalue weighted by molar-refractivity contribution is 7.09. The summed E-state index contributed by atoms with van der Waals surface area (Å²) >= 11 is 1.57. The maximum Gasteiger partial charge on any atom is 0.267 e. The van der Waals surface area contributed by atoms with Gasteiger partial charge in [-0.15, -0.1) is 11.3 Å². The topological polar surface area (TPSA) is 90.0 Å². The molecule has 4 aromatic rings. The summed E-state index contributed by atoms with van der Waals surface area (Å²) in [5.74, 6) is 0.159. The highest BCUT2D eigenvalue weighted by atomic mass is 32.1. The molecule has 7 nitrogen and oxygen atoms in total. The van der Waals surface area contributed by atoms with Gasteiger partial charge in [0.1, 0.15) is 11.2 Å². The largest absolute Gasteiger partial charge is 0.463 e. The van der Waals surface area contributed by atoms with Gasteiger partial charge in [0.2, 0.25) is 0 Å². The third-order valence-corrected chi connectivity index (χ3v) is 5.47. The number of hydrogen-bond acceptors (Lipinski definition) is 6. The van der Waals surface area contributed by atoms with Gasteiger partial charge in [-0.25, -0.2) is 9.67 Å². The van der Waals surface area contributed by atoms with Crippen molar-refractivity contribution in [3.05, 3.63) is 75.5 Å². The van der Waals surface area contributed by atoms with Crippen LogP contribution in [0.4, 0.5) is 5.69 Å². The van der Waals surface area contributed by atoms with Gasteiger partial charge in [0.05, 0.1) is 17.0 Å². The first-order valence-corrected chi connectivity index (χ1v) is 10.2. The van der Waals surface area contributed by atoms with Crippen LogP contribution in [0.2, 0.25) is 0 Å². The van der Waals surface area contributed by atoms with Crippen LogP contribution in [0, 0.1) is 6.92 Å². The summed E-state index contributed by atoms with van der Waals surface area (Å²) in [6.45, 7) is 5.25. The van der Waals surface area contributed by atoms with Crippen molar-refractivity contribution < 1.29 is 9.21 Å². The zero-order chi connectivity index (χ0) is 21.3. The van der Waals surface area contributed by atoms with E-state index in [0.717, 1.165) is 16.3 Å². The number of furan rings is 1. The van der Waals surface area contributed by atoms with E-state index in [1.807, 2.05) is 30.5 Å². The Morgan fingerprint density at radius 2 is 1.97 bits per heavy atom. The number of nitrogens with zero attached hydrogens (tertiary/aromatic N) is 3. The van der Waals surface area contributed by atoms with Crippen LogP contribution in [0.1, 0.15) is 18.9 Å². The predicted octanol–water partition coefficient (Wildman–Crippen LogP) is 4.31. The summed E-state index contributed by atoms with van der Waals surface area (Å²) in [5.41, 5.74) is 1.25. The minimum atomic E-state index is -1.23. The lowest BCUT2D eigenvalue weighted by atomic mass is 10.0. The average Bonchev–Trinajstić information content (AvgIpc) is 3.40. The monoisotopic (exact) mass is 420 g/mol. The van der Waals surface area contributed by atoms with Crippen LogP contribution < -0.4 is 10.9 Å². The predicted molar refractivity (Wildman–Crippen MR) is 116 cm³/mol. The van der Waals surface area contributed by atoms with Crippen LogP contribution in [0.3, 0.4) is 0 Å². The molecule has 0 atom stereocenters. The van der Waals surface area contributed by atoms with E-state index in [4.69, 9.17) is 4.42 Å². The van der Waals surface area contributed by atoms with E-state index in [-0.39, 0.29) is 11.5 Å². The van der Waals surface area contributed by atoms with Crippen LogP contribution >= 0.6 is 11.3 Å². The summed E-state index contributed by atoms with van der Waals surface area (Å²) in [6, 6.07) is 13.9. The number of thiazole rings is 1. The number of amides is 1. The Morgan fingerprint density at radius 3 is 2.67 bits per heavy atom. The first-order valence-electron chi connectivity index (χ1n) is 9.33. The number of carbonyl (C=O) groups is 1. The first kappa shape index (κ1) is 19.8. The van der Waals surface area contributed by atoms with E-state index in [1.54, 1.807) is 49.4 Å². The Balaban J connectivity index is 1.62. The minimum absolute atomic E-state index is 0.361. The zero-order valence-electron chi connectivity index (χ0n) is 16.7. The Bertz CT molecular complexity index is 1260. The van der Waals surface area contributed by atoms with Crippen LogP contribution in [0.25, 0.3) is 22.7 Å². The van der Waals surface area contributed by atoms with E-state index in [2.05, 4.69) is 15.4 Å². The lowest BCUT2D eigenvalue weighted by molar-refractivity contribution is -0.123. The second-order valence-electron chi connectivity index (χ2n) is 7.29. The molecule has 1 amide bonds. The van der Waals surface area contributed by atoms with Crippen LogP contribution in [-0.2, 0) is 10.3 Å². The van der Waals surface area contributed by atoms with Crippen LogP contribution in [0.15, 0.2) is 69.4 Å². The number of benzene rings is 1. The SMILES string of the molecule is Cc1nc(-c2cccc(NC(=O)C(C)(C)n3nc(-c4ccco4)ccc3=O)c2)cs1. The molecule has 0 spiro atoms. The number of nitrogens with one attached hydrogen (secondary N) is 1. The maximum atomic E-state index is 13.1. The lowest BCUT2D eigenvalue weighted by Gasteiger charge is -2.25. The van der Waals surface area contributed by atoms with Crippen LogP contribution in [0.5, 0.6) is 0 Å². The van der Waals surface area contributed by atoms with Crippen molar-refractivity contribution in [1.82, 2.24) is 14.8 Å². The Morgan fingerprint density at radius 1 is 1.13 bits per heavy atom. The lowest BCUT2D eigenvalue weighted by Crippen LogP contribution is -2.47. The summed E-state index contributed by atoms with van der Waals surface area (Å²) in [6.07, 6.45) is 1.53. The zero-order valence-corrected chi connectivity index (χ0v) is 17.6. The van der Waals surface area contributed by atoms with E-state index >= 15 is 0 Å². The van der Waals surface area contributed by atoms with Crippen molar-refractivity contribution in [2.75, 3.05) is 5.32 Å². The van der Waals surface area contributed by atoms with Gasteiger partial charge in [-0.05, 0) is 51.1 Å². The van der Waals surface area contributed by atoms with Gasteiger partial charge in [-0.2, -0.15) is 5.10 Å². The van der Waals surface area contributed by atoms with Gasteiger partial charge in [0.15, 0.2) is 5.76 Å². The van der Waals surface area contributed by atoms with E-state index in [0.29, 0.717) is 17.1 Å². The van der Waals surface area contributed by atoms with Crippen molar-refractivity contribution in [3.8, 4) is 22.7 Å². The average molecular weight is 420 g/mol. The molecule has 30 heavy (non-hydrogen) atoms. The quantitative estimate of drug-likeness (QED) is 0.520. The standard InChI is InChI=1S/C22H20N4O3S/c1-14-23-18(13-30-14)15-6-4-7-16(12-15)24-21(28)22(2,3)26-20(27)10-9-17(25-26)19-8-5-11-29-19/h4-13H,1-3H3,(H,24,28). The van der Waals surface area contributed by atoms with Crippen molar-refractivity contribution >= 4 is 22.9 Å². The molecule has 0 saturated heterocycles. The molecule has 1 aromatic carbocycles. The van der Waals surface area contributed by atoms with Crippen molar-refractivity contribution in [2.45, 2.75) is 26.3 Å². The van der Waals surface area contributed by atoms with Crippen LogP contribution in [-0.4, -0.2) is 20.7 Å². The molecule has 0 fully saturated rings. The number of anilines is 1. The molecule has 0 radical (unpaired) electrons. The molecule has 0 aliphatic carbocycles. The number of carbonyl (C=O) groups excluding carboxylic acids is 1. The molecule has 0 bridgehead atoms. The van der Waals surface area contributed by atoms with Gasteiger partial charge >= 0.3 is 0 Å². The Kier molecular flexibility index (Phi) is 5.09. The molecule has 1 N–H and O–H groups in total. The molecular formula is C22H20N4O3S. The molecule has 8 heteroatoms. The fourth-order valence-corrected chi connectivity index (χ4v) is 3.62. The Hall–Kier alpha value is -3.52. The molecule has 0 aliphatic rings. The second kappa shape index (κ2) is 7.72. The summed E-state index contributed by atoms with van der Waals surface area (Å²) in [5, 5.41) is 10.2. The molecular weight excluding hydrogens is 400 g/mol. The van der Waals surface area contributed by atoms with Crippen molar-refractivity contribution in [3.63, 3.8) is 0 Å². The summed E-state index contributed by atoms with van der Waals surface area (Å²) in [7, 11) is 0. The maximum absolute atomic E-state index is 13.1. The van der Waals surface area contributed by atoms with Gasteiger partial charge < -0.3 is 9.73 Å². The van der Waals surface area contributed by atoms with Gasteiger partial charge in [-0.1, -0.05) is 12.1 Å².